The quantitative estimate of drug-likeness (QED) is 0.569. The molecule has 1 aromatic heterocycles. The van der Waals surface area contributed by atoms with Crippen molar-refractivity contribution in [2.75, 3.05) is 50.5 Å². The third kappa shape index (κ3) is 5.23. The second kappa shape index (κ2) is 9.47. The molecule has 2 aromatic rings. The zero-order chi connectivity index (χ0) is 23.7. The maximum absolute atomic E-state index is 13.1. The van der Waals surface area contributed by atoms with Gasteiger partial charge in [-0.05, 0) is 42.5 Å². The molecule has 8 nitrogen and oxygen atoms in total. The number of hydrogen-bond donors (Lipinski definition) is 1. The molecular weight excluding hydrogens is 494 g/mol. The average molecular weight is 522 g/mol. The van der Waals surface area contributed by atoms with E-state index >= 15 is 0 Å². The van der Waals surface area contributed by atoms with Crippen LogP contribution < -0.4 is 9.62 Å². The van der Waals surface area contributed by atoms with Gasteiger partial charge < -0.3 is 9.64 Å². The van der Waals surface area contributed by atoms with Crippen LogP contribution in [-0.4, -0.2) is 62.0 Å². The van der Waals surface area contributed by atoms with E-state index in [0.29, 0.717) is 47.4 Å². The summed E-state index contributed by atoms with van der Waals surface area (Å²) in [5, 5.41) is 0.447. The number of benzene rings is 1. The number of sulfonamides is 2. The van der Waals surface area contributed by atoms with Crippen molar-refractivity contribution in [3.8, 4) is 0 Å². The number of nitrogens with zero attached hydrogens (tertiary/aromatic N) is 2. The maximum Gasteiger partial charge on any atom is 0.271 e. The lowest BCUT2D eigenvalue weighted by Gasteiger charge is -2.40. The predicted molar refractivity (Wildman–Crippen MR) is 129 cm³/mol. The fraction of sp³-hybridized carbons (Fsp3) is 0.500. The maximum atomic E-state index is 13.1. The topological polar surface area (TPSA) is 96.0 Å². The molecule has 12 heteroatoms. The molecule has 3 rings (SSSR count). The van der Waals surface area contributed by atoms with E-state index in [2.05, 4.69) is 16.5 Å². The van der Waals surface area contributed by atoms with Gasteiger partial charge in [-0.15, -0.1) is 11.3 Å². The standard InChI is InChI=1S/C20H28ClN3O5S3/c1-20(14-29-4)10-12-24(13-11-20)19-15(21)6-5-7-16(19)22-31(25,26)17-8-9-18(30-17)32(27,28)23(2)3/h5-9,22H,10-14H2,1-4H3. The van der Waals surface area contributed by atoms with Crippen molar-refractivity contribution >= 4 is 54.4 Å². The molecule has 1 aliphatic heterocycles. The van der Waals surface area contributed by atoms with E-state index in [4.69, 9.17) is 16.3 Å². The van der Waals surface area contributed by atoms with E-state index in [1.165, 1.54) is 26.2 Å². The highest BCUT2D eigenvalue weighted by Crippen LogP contribution is 2.40. The average Bonchev–Trinajstić information content (AvgIpc) is 3.21. The lowest BCUT2D eigenvalue weighted by Crippen LogP contribution is -2.41. The van der Waals surface area contributed by atoms with Crippen molar-refractivity contribution in [3.63, 3.8) is 0 Å². The largest absolute Gasteiger partial charge is 0.384 e. The Kier molecular flexibility index (Phi) is 7.48. The van der Waals surface area contributed by atoms with Gasteiger partial charge in [0.25, 0.3) is 20.0 Å². The van der Waals surface area contributed by atoms with E-state index < -0.39 is 20.0 Å². The van der Waals surface area contributed by atoms with Gasteiger partial charge in [0.05, 0.1) is 23.0 Å². The minimum absolute atomic E-state index is 0.0392. The van der Waals surface area contributed by atoms with E-state index in [0.717, 1.165) is 17.1 Å². The van der Waals surface area contributed by atoms with Crippen molar-refractivity contribution < 1.29 is 21.6 Å². The minimum atomic E-state index is -4.01. The number of para-hydroxylation sites is 1. The summed E-state index contributed by atoms with van der Waals surface area (Å²) in [5.74, 6) is 0. The molecule has 0 unspecified atom stereocenters. The Hall–Kier alpha value is -1.37. The highest BCUT2D eigenvalue weighted by Gasteiger charge is 2.32. The highest BCUT2D eigenvalue weighted by atomic mass is 35.5. The van der Waals surface area contributed by atoms with Gasteiger partial charge in [0, 0.05) is 34.3 Å². The molecule has 0 radical (unpaired) electrons. The molecule has 178 valence electrons. The molecular formula is C20H28ClN3O5S3. The van der Waals surface area contributed by atoms with Crippen molar-refractivity contribution in [1.29, 1.82) is 0 Å². The van der Waals surface area contributed by atoms with Crippen molar-refractivity contribution in [1.82, 2.24) is 4.31 Å². The molecule has 2 heterocycles. The van der Waals surface area contributed by atoms with E-state index in [-0.39, 0.29) is 13.8 Å². The number of thiophene rings is 1. The first kappa shape index (κ1) is 25.3. The van der Waals surface area contributed by atoms with Crippen LogP contribution in [0.4, 0.5) is 11.4 Å². The number of ether oxygens (including phenoxy) is 1. The first-order valence-corrected chi connectivity index (χ1v) is 14.1. The lowest BCUT2D eigenvalue weighted by atomic mass is 9.81. The molecule has 32 heavy (non-hydrogen) atoms. The Morgan fingerprint density at radius 1 is 1.12 bits per heavy atom. The molecule has 1 saturated heterocycles. The van der Waals surface area contributed by atoms with E-state index in [1.54, 1.807) is 25.3 Å². The Balaban J connectivity index is 1.88. The summed E-state index contributed by atoms with van der Waals surface area (Å²) in [6.07, 6.45) is 1.77. The number of anilines is 2. The number of hydrogen-bond acceptors (Lipinski definition) is 7. The van der Waals surface area contributed by atoms with Crippen LogP contribution in [0.15, 0.2) is 38.8 Å². The summed E-state index contributed by atoms with van der Waals surface area (Å²) >= 11 is 7.19. The van der Waals surface area contributed by atoms with Gasteiger partial charge in [0.15, 0.2) is 0 Å². The first-order chi connectivity index (χ1) is 14.9. The molecule has 1 fully saturated rings. The lowest BCUT2D eigenvalue weighted by molar-refractivity contribution is 0.0731. The number of methoxy groups -OCH3 is 1. The fourth-order valence-electron chi connectivity index (χ4n) is 3.64. The molecule has 1 N–H and O–H groups in total. The third-order valence-electron chi connectivity index (χ3n) is 5.57. The molecule has 0 bridgehead atoms. The van der Waals surface area contributed by atoms with Gasteiger partial charge in [0.1, 0.15) is 8.42 Å². The minimum Gasteiger partial charge on any atom is -0.384 e. The molecule has 0 atom stereocenters. The second-order valence-corrected chi connectivity index (χ2v) is 14.1. The van der Waals surface area contributed by atoms with Crippen molar-refractivity contribution in [2.45, 2.75) is 28.2 Å². The number of halogens is 1. The SMILES string of the molecule is COCC1(C)CCN(c2c(Cl)cccc2NS(=O)(=O)c2ccc(S(=O)(=O)N(C)C)s2)CC1. The number of nitrogens with one attached hydrogen (secondary N) is 1. The summed E-state index contributed by atoms with van der Waals surface area (Å²) < 4.78 is 59.6. The van der Waals surface area contributed by atoms with Crippen LogP contribution >= 0.6 is 22.9 Å². The molecule has 0 aliphatic carbocycles. The highest BCUT2D eigenvalue weighted by molar-refractivity contribution is 7.96. The van der Waals surface area contributed by atoms with Gasteiger partial charge in [-0.25, -0.2) is 21.1 Å². The van der Waals surface area contributed by atoms with Crippen molar-refractivity contribution in [2.24, 2.45) is 5.41 Å². The Bertz CT molecular complexity index is 1170. The van der Waals surface area contributed by atoms with Crippen LogP contribution in [-0.2, 0) is 24.8 Å². The molecule has 1 aliphatic rings. The van der Waals surface area contributed by atoms with Crippen LogP contribution in [0.25, 0.3) is 0 Å². The Labute approximate surface area is 199 Å². The zero-order valence-electron chi connectivity index (χ0n) is 18.5. The van der Waals surface area contributed by atoms with Gasteiger partial charge in [0.2, 0.25) is 0 Å². The summed E-state index contributed by atoms with van der Waals surface area (Å²) in [7, 11) is -3.23. The van der Waals surface area contributed by atoms with E-state index in [1.807, 2.05) is 0 Å². The zero-order valence-corrected chi connectivity index (χ0v) is 21.7. The number of rotatable bonds is 8. The predicted octanol–water partition coefficient (Wildman–Crippen LogP) is 3.71. The summed E-state index contributed by atoms with van der Waals surface area (Å²) in [5.41, 5.74) is 1.05. The molecule has 1 aromatic carbocycles. The van der Waals surface area contributed by atoms with Crippen LogP contribution in [0.3, 0.4) is 0 Å². The second-order valence-electron chi connectivity index (χ2n) is 8.33. The smallest absolute Gasteiger partial charge is 0.271 e. The fourth-order valence-corrected chi connectivity index (χ4v) is 7.94. The van der Waals surface area contributed by atoms with Gasteiger partial charge in [-0.1, -0.05) is 24.6 Å². The summed E-state index contributed by atoms with van der Waals surface area (Å²) in [6, 6.07) is 7.66. The number of piperidine rings is 1. The van der Waals surface area contributed by atoms with Gasteiger partial charge in [-0.3, -0.25) is 4.72 Å². The van der Waals surface area contributed by atoms with Crippen LogP contribution in [0.1, 0.15) is 19.8 Å². The summed E-state index contributed by atoms with van der Waals surface area (Å²) in [4.78, 5) is 2.08. The van der Waals surface area contributed by atoms with Crippen molar-refractivity contribution in [3.05, 3.63) is 35.4 Å². The van der Waals surface area contributed by atoms with Gasteiger partial charge in [-0.2, -0.15) is 0 Å². The van der Waals surface area contributed by atoms with Crippen LogP contribution in [0.2, 0.25) is 5.02 Å². The summed E-state index contributed by atoms with van der Waals surface area (Å²) in [6.45, 7) is 4.27. The molecule has 0 amide bonds. The Morgan fingerprint density at radius 2 is 1.75 bits per heavy atom. The Morgan fingerprint density at radius 3 is 2.34 bits per heavy atom. The first-order valence-electron chi connectivity index (χ1n) is 9.97. The van der Waals surface area contributed by atoms with Crippen LogP contribution in [0.5, 0.6) is 0 Å². The van der Waals surface area contributed by atoms with Crippen LogP contribution in [0, 0.1) is 5.41 Å². The monoisotopic (exact) mass is 521 g/mol. The molecule has 0 spiro atoms. The normalized spacial score (nSPS) is 17.0. The molecule has 0 saturated carbocycles. The van der Waals surface area contributed by atoms with Gasteiger partial charge >= 0.3 is 0 Å². The third-order valence-corrected chi connectivity index (χ3v) is 11.1. The van der Waals surface area contributed by atoms with E-state index in [9.17, 15) is 16.8 Å².